The van der Waals surface area contributed by atoms with E-state index in [1.807, 2.05) is 6.20 Å². The van der Waals surface area contributed by atoms with Crippen molar-refractivity contribution in [1.29, 1.82) is 0 Å². The Morgan fingerprint density at radius 1 is 1.00 bits per heavy atom. The summed E-state index contributed by atoms with van der Waals surface area (Å²) >= 11 is 0. The zero-order chi connectivity index (χ0) is 23.9. The van der Waals surface area contributed by atoms with Crippen molar-refractivity contribution in [3.63, 3.8) is 0 Å². The molecule has 2 saturated heterocycles. The molecule has 0 spiro atoms. The van der Waals surface area contributed by atoms with Gasteiger partial charge in [-0.1, -0.05) is 25.7 Å². The van der Waals surface area contributed by atoms with Gasteiger partial charge in [-0.3, -0.25) is 19.2 Å². The van der Waals surface area contributed by atoms with Crippen molar-refractivity contribution in [2.24, 2.45) is 5.41 Å². The maximum absolute atomic E-state index is 13.8. The second kappa shape index (κ2) is 9.41. The Morgan fingerprint density at radius 2 is 1.71 bits per heavy atom. The molecule has 5 aliphatic rings. The summed E-state index contributed by atoms with van der Waals surface area (Å²) in [6.45, 7) is 0.254. The highest BCUT2D eigenvalue weighted by Crippen LogP contribution is 2.43. The van der Waals surface area contributed by atoms with E-state index in [9.17, 15) is 19.2 Å². The molecule has 2 saturated carbocycles. The summed E-state index contributed by atoms with van der Waals surface area (Å²) in [6, 6.07) is -0.885. The minimum atomic E-state index is -0.850. The lowest BCUT2D eigenvalue weighted by Crippen LogP contribution is -2.68. The molecule has 4 fully saturated rings. The fourth-order valence-electron chi connectivity index (χ4n) is 6.70. The number of hydrogen-bond acceptors (Lipinski definition) is 6. The summed E-state index contributed by atoms with van der Waals surface area (Å²) in [4.78, 5) is 58.7. The van der Waals surface area contributed by atoms with Gasteiger partial charge in [0.2, 0.25) is 17.6 Å². The molecule has 0 aromatic rings. The zero-order valence-corrected chi connectivity index (χ0v) is 20.0. The Labute approximate surface area is 200 Å². The number of piperazine rings is 1. The summed E-state index contributed by atoms with van der Waals surface area (Å²) in [6.07, 6.45) is 10.9. The number of carbonyl (C=O) groups is 4. The van der Waals surface area contributed by atoms with E-state index in [0.717, 1.165) is 44.9 Å². The topological polar surface area (TPSA) is 96.5 Å². The zero-order valence-electron chi connectivity index (χ0n) is 20.0. The Morgan fingerprint density at radius 3 is 2.41 bits per heavy atom. The molecular weight excluding hydrogens is 438 g/mol. The number of carbonyl (C=O) groups excluding carboxylic acids is 4. The molecule has 3 heterocycles. The van der Waals surface area contributed by atoms with Gasteiger partial charge in [-0.25, -0.2) is 0 Å². The molecule has 2 atom stereocenters. The number of methoxy groups -OCH3 is 1. The largest absolute Gasteiger partial charge is 0.359 e. The first-order valence-corrected chi connectivity index (χ1v) is 12.7. The standard InChI is InChI=1S/C25H35N3O6/c1-33-16-34-15-25(11-4-5-12-25)22(30)24(32)28-18-9-6-10-19(28)23(31)27-14-21(29)26(13-20(18)27)17-7-2-3-8-17/h13,17-19H,2-12,14-16H2,1H3. The van der Waals surface area contributed by atoms with Gasteiger partial charge in [0.25, 0.3) is 5.91 Å². The summed E-state index contributed by atoms with van der Waals surface area (Å²) in [5.74, 6) is -1.31. The number of Topliss-reactive ketones (excluding diaryl/α,β-unsaturated/α-hetero) is 1. The maximum atomic E-state index is 13.8. The van der Waals surface area contributed by atoms with E-state index in [4.69, 9.17) is 9.47 Å². The van der Waals surface area contributed by atoms with Gasteiger partial charge in [0, 0.05) is 19.4 Å². The van der Waals surface area contributed by atoms with Crippen molar-refractivity contribution in [2.45, 2.75) is 88.8 Å². The maximum Gasteiger partial charge on any atom is 0.291 e. The van der Waals surface area contributed by atoms with Crippen molar-refractivity contribution < 1.29 is 28.7 Å². The summed E-state index contributed by atoms with van der Waals surface area (Å²) in [5.41, 5.74) is -0.152. The second-order valence-corrected chi connectivity index (χ2v) is 10.5. The predicted molar refractivity (Wildman–Crippen MR) is 121 cm³/mol. The van der Waals surface area contributed by atoms with Gasteiger partial charge >= 0.3 is 0 Å². The van der Waals surface area contributed by atoms with Crippen molar-refractivity contribution in [2.75, 3.05) is 27.1 Å². The molecule has 0 aromatic carbocycles. The molecule has 9 heteroatoms. The highest BCUT2D eigenvalue weighted by Gasteiger charge is 2.54. The first kappa shape index (κ1) is 23.5. The van der Waals surface area contributed by atoms with E-state index >= 15 is 0 Å². The van der Waals surface area contributed by atoms with Crippen LogP contribution >= 0.6 is 0 Å². The molecule has 2 aliphatic carbocycles. The molecule has 0 aromatic heterocycles. The normalized spacial score (nSPS) is 28.9. The van der Waals surface area contributed by atoms with Gasteiger partial charge in [-0.2, -0.15) is 0 Å². The third-order valence-electron chi connectivity index (χ3n) is 8.45. The molecule has 34 heavy (non-hydrogen) atoms. The summed E-state index contributed by atoms with van der Waals surface area (Å²) < 4.78 is 10.5. The van der Waals surface area contributed by atoms with Crippen LogP contribution in [0.25, 0.3) is 0 Å². The number of ketones is 1. The first-order chi connectivity index (χ1) is 16.5. The Hall–Kier alpha value is -2.26. The lowest BCUT2D eigenvalue weighted by molar-refractivity contribution is -0.165. The van der Waals surface area contributed by atoms with Crippen LogP contribution in [-0.2, 0) is 28.7 Å². The fourth-order valence-corrected chi connectivity index (χ4v) is 6.70. The van der Waals surface area contributed by atoms with Crippen molar-refractivity contribution in [3.8, 4) is 0 Å². The Kier molecular flexibility index (Phi) is 6.50. The average Bonchev–Trinajstić information content (AvgIpc) is 3.55. The smallest absolute Gasteiger partial charge is 0.291 e. The quantitative estimate of drug-likeness (QED) is 0.319. The van der Waals surface area contributed by atoms with E-state index in [2.05, 4.69) is 0 Å². The van der Waals surface area contributed by atoms with Crippen LogP contribution in [0.1, 0.15) is 70.6 Å². The van der Waals surface area contributed by atoms with E-state index in [-0.39, 0.29) is 43.8 Å². The van der Waals surface area contributed by atoms with Crippen molar-refractivity contribution >= 4 is 23.5 Å². The molecule has 186 valence electrons. The highest BCUT2D eigenvalue weighted by molar-refractivity contribution is 6.38. The monoisotopic (exact) mass is 473 g/mol. The van der Waals surface area contributed by atoms with Crippen LogP contribution in [0.4, 0.5) is 0 Å². The summed E-state index contributed by atoms with van der Waals surface area (Å²) in [7, 11) is 1.53. The average molecular weight is 474 g/mol. The number of rotatable bonds is 7. The van der Waals surface area contributed by atoms with Gasteiger partial charge in [0.05, 0.1) is 23.8 Å². The van der Waals surface area contributed by atoms with Gasteiger partial charge in [-0.15, -0.1) is 0 Å². The van der Waals surface area contributed by atoms with Gasteiger partial charge in [-0.05, 0) is 44.9 Å². The second-order valence-electron chi connectivity index (χ2n) is 10.5. The van der Waals surface area contributed by atoms with E-state index in [0.29, 0.717) is 31.4 Å². The SMILES string of the molecule is COCOCC1(C(=O)C(=O)N2C3CCCC2C2=CN(C4CCCC4)C(=O)CN2C3=O)CCCC1. The molecule has 3 amide bonds. The van der Waals surface area contributed by atoms with Crippen molar-refractivity contribution in [3.05, 3.63) is 11.9 Å². The third kappa shape index (κ3) is 3.86. The van der Waals surface area contributed by atoms with E-state index in [1.165, 1.54) is 7.11 Å². The van der Waals surface area contributed by atoms with Gasteiger partial charge < -0.3 is 24.2 Å². The number of amides is 3. The molecule has 5 rings (SSSR count). The lowest BCUT2D eigenvalue weighted by atomic mass is 9.80. The van der Waals surface area contributed by atoms with Crippen LogP contribution in [0.15, 0.2) is 11.9 Å². The van der Waals surface area contributed by atoms with E-state index < -0.39 is 23.1 Å². The van der Waals surface area contributed by atoms with Crippen molar-refractivity contribution in [1.82, 2.24) is 14.7 Å². The van der Waals surface area contributed by atoms with Crippen LogP contribution in [0.5, 0.6) is 0 Å². The summed E-state index contributed by atoms with van der Waals surface area (Å²) in [5, 5.41) is 0. The van der Waals surface area contributed by atoms with Crippen LogP contribution < -0.4 is 0 Å². The molecule has 2 unspecified atom stereocenters. The fraction of sp³-hybridized carbons (Fsp3) is 0.760. The molecule has 9 nitrogen and oxygen atoms in total. The molecule has 0 N–H and O–H groups in total. The Balaban J connectivity index is 1.44. The number of fused-ring (bicyclic) bond motifs is 4. The number of hydrogen-bond donors (Lipinski definition) is 0. The number of piperidine rings is 1. The lowest BCUT2D eigenvalue weighted by Gasteiger charge is -2.52. The van der Waals surface area contributed by atoms with Crippen LogP contribution in [0, 0.1) is 5.41 Å². The number of nitrogens with zero attached hydrogens (tertiary/aromatic N) is 3. The minimum Gasteiger partial charge on any atom is -0.359 e. The predicted octanol–water partition coefficient (Wildman–Crippen LogP) is 1.95. The molecule has 2 bridgehead atoms. The molecule has 0 radical (unpaired) electrons. The number of ether oxygens (including phenoxy) is 2. The highest BCUT2D eigenvalue weighted by atomic mass is 16.7. The van der Waals surface area contributed by atoms with E-state index in [1.54, 1.807) is 14.7 Å². The Bertz CT molecular complexity index is 889. The third-order valence-corrected chi connectivity index (χ3v) is 8.45. The minimum absolute atomic E-state index is 0.0267. The van der Waals surface area contributed by atoms with Crippen LogP contribution in [-0.4, -0.2) is 83.4 Å². The van der Waals surface area contributed by atoms with Gasteiger partial charge in [0.15, 0.2) is 0 Å². The van der Waals surface area contributed by atoms with Gasteiger partial charge in [0.1, 0.15) is 19.4 Å². The molecule has 3 aliphatic heterocycles. The van der Waals surface area contributed by atoms with Crippen LogP contribution in [0.2, 0.25) is 0 Å². The first-order valence-electron chi connectivity index (χ1n) is 12.7. The van der Waals surface area contributed by atoms with Crippen LogP contribution in [0.3, 0.4) is 0 Å². The molecular formula is C25H35N3O6.